The highest BCUT2D eigenvalue weighted by molar-refractivity contribution is 7.97. The minimum absolute atomic E-state index is 0.499. The van der Waals surface area contributed by atoms with Crippen LogP contribution in [0.3, 0.4) is 0 Å². The van der Waals surface area contributed by atoms with Crippen LogP contribution in [-0.4, -0.2) is 71.6 Å². The number of carbonyl (C=O) groups is 1. The molecule has 0 fully saturated rings. The lowest BCUT2D eigenvalue weighted by Crippen LogP contribution is -2.37. The van der Waals surface area contributed by atoms with Gasteiger partial charge in [-0.3, -0.25) is 0 Å². The SMILES string of the molecule is CCCOc1cc(OCCC)c([S+](c2c(OCCC)cc(OCCC)cc2OCCC)c2c(OCCC)cc(OCCC)cc2OCCC)c(OCCC)c1.O=C([O-])C(F)(F)F. The van der Waals surface area contributed by atoms with Crippen LogP contribution in [-0.2, 0) is 15.7 Å². The number of alkyl halides is 3. The van der Waals surface area contributed by atoms with E-state index in [9.17, 15) is 13.2 Å². The van der Waals surface area contributed by atoms with Gasteiger partial charge in [0.1, 0.15) is 34.1 Å². The third-order valence-corrected chi connectivity index (χ3v) is 10.4. The van der Waals surface area contributed by atoms with Crippen molar-refractivity contribution < 1.29 is 65.7 Å². The maximum atomic E-state index is 10.5. The third-order valence-electron chi connectivity index (χ3n) is 8.02. The van der Waals surface area contributed by atoms with E-state index in [1.54, 1.807) is 0 Å². The molecule has 15 heteroatoms. The fourth-order valence-corrected chi connectivity index (χ4v) is 7.92. The Bertz CT molecular complexity index is 1470. The van der Waals surface area contributed by atoms with E-state index in [0.717, 1.165) is 72.5 Å². The molecule has 0 heterocycles. The summed E-state index contributed by atoms with van der Waals surface area (Å²) in [5.74, 6) is 3.02. The van der Waals surface area contributed by atoms with E-state index in [-0.39, 0.29) is 0 Å². The quantitative estimate of drug-likeness (QED) is 0.0594. The molecule has 350 valence electrons. The standard InChI is InChI=1S/C45H69O9S.C2HF3O2/c1-10-19-46-34-28-37(49-22-13-4)43(38(29-34)50-23-14-5)55(44-39(51-24-15-6)30-35(47-20-11-2)31-40(44)52-25-16-7)45-41(53-26-17-8)32-36(48-21-12-3)33-42(45)54-27-18-9;3-2(4,5)1(6)7/h28-33H,10-27H2,1-9H3;(H,6,7)/q+1;/p-1. The number of aliphatic carboxylic acids is 1. The zero-order chi connectivity index (χ0) is 45.9. The summed E-state index contributed by atoms with van der Waals surface area (Å²) in [7, 11) is -1.06. The summed E-state index contributed by atoms with van der Waals surface area (Å²) in [5, 5.41) is 8.78. The summed E-state index contributed by atoms with van der Waals surface area (Å²) in [6.07, 6.45) is 2.31. The van der Waals surface area contributed by atoms with Crippen LogP contribution in [0.2, 0.25) is 0 Å². The molecule has 62 heavy (non-hydrogen) atoms. The lowest BCUT2D eigenvalue weighted by molar-refractivity contribution is -0.344. The van der Waals surface area contributed by atoms with E-state index in [1.807, 2.05) is 36.4 Å². The van der Waals surface area contributed by atoms with Crippen LogP contribution in [0.15, 0.2) is 51.1 Å². The van der Waals surface area contributed by atoms with Crippen LogP contribution in [0.5, 0.6) is 51.7 Å². The maximum Gasteiger partial charge on any atom is 0.430 e. The Kier molecular flexibility index (Phi) is 25.7. The molecule has 3 aromatic carbocycles. The fourth-order valence-electron chi connectivity index (χ4n) is 5.39. The number of benzene rings is 3. The second-order valence-electron chi connectivity index (χ2n) is 14.0. The second-order valence-corrected chi connectivity index (χ2v) is 15.8. The number of rotatable bonds is 30. The summed E-state index contributed by atoms with van der Waals surface area (Å²) in [5.41, 5.74) is 0. The molecule has 3 rings (SSSR count). The molecule has 0 spiro atoms. The fraction of sp³-hybridized carbons (Fsp3) is 0.596. The molecule has 0 saturated heterocycles. The first-order valence-corrected chi connectivity index (χ1v) is 23.3. The molecule has 0 aliphatic heterocycles. The number of carboxylic acids is 1. The van der Waals surface area contributed by atoms with Gasteiger partial charge in [0, 0.05) is 36.4 Å². The molecule has 3 aromatic rings. The Hall–Kier alpha value is -4.53. The van der Waals surface area contributed by atoms with E-state index >= 15 is 0 Å². The van der Waals surface area contributed by atoms with Crippen molar-refractivity contribution >= 4 is 16.9 Å². The number of hydrogen-bond donors (Lipinski definition) is 0. The van der Waals surface area contributed by atoms with Gasteiger partial charge in [0.05, 0.1) is 59.5 Å². The van der Waals surface area contributed by atoms with Crippen molar-refractivity contribution in [3.63, 3.8) is 0 Å². The normalized spacial score (nSPS) is 11.0. The number of carbonyl (C=O) groups excluding carboxylic acids is 1. The van der Waals surface area contributed by atoms with Gasteiger partial charge in [-0.25, -0.2) is 0 Å². The van der Waals surface area contributed by atoms with E-state index < -0.39 is 23.0 Å². The van der Waals surface area contributed by atoms with E-state index in [0.29, 0.717) is 111 Å². The first-order chi connectivity index (χ1) is 29.9. The number of hydrogen-bond acceptors (Lipinski definition) is 11. The van der Waals surface area contributed by atoms with Crippen molar-refractivity contribution in [2.45, 2.75) is 141 Å². The van der Waals surface area contributed by atoms with Crippen molar-refractivity contribution in [1.82, 2.24) is 0 Å². The summed E-state index contributed by atoms with van der Waals surface area (Å²) in [6, 6.07) is 12.0. The van der Waals surface area contributed by atoms with Gasteiger partial charge in [0.25, 0.3) is 14.7 Å². The Morgan fingerprint density at radius 1 is 0.403 bits per heavy atom. The molecule has 0 radical (unpaired) electrons. The lowest BCUT2D eigenvalue weighted by Gasteiger charge is -2.24. The van der Waals surface area contributed by atoms with E-state index in [4.69, 9.17) is 52.5 Å². The summed E-state index contributed by atoms with van der Waals surface area (Å²) in [4.78, 5) is 11.3. The predicted molar refractivity (Wildman–Crippen MR) is 235 cm³/mol. The number of carboxylic acid groups (broad SMARTS) is 1. The van der Waals surface area contributed by atoms with Gasteiger partial charge in [-0.1, -0.05) is 62.3 Å². The zero-order valence-electron chi connectivity index (χ0n) is 38.2. The highest BCUT2D eigenvalue weighted by Crippen LogP contribution is 2.55. The molecule has 0 aliphatic carbocycles. The van der Waals surface area contributed by atoms with Crippen molar-refractivity contribution in [2.24, 2.45) is 0 Å². The predicted octanol–water partition coefficient (Wildman–Crippen LogP) is 11.2. The van der Waals surface area contributed by atoms with Gasteiger partial charge in [-0.2, -0.15) is 13.2 Å². The Balaban J connectivity index is 0.00000173. The molecule has 0 N–H and O–H groups in total. The van der Waals surface area contributed by atoms with Crippen LogP contribution < -0.4 is 47.7 Å². The molecule has 11 nitrogen and oxygen atoms in total. The maximum absolute atomic E-state index is 10.5. The Morgan fingerprint density at radius 2 is 0.565 bits per heavy atom. The van der Waals surface area contributed by atoms with Crippen molar-refractivity contribution in [3.8, 4) is 51.7 Å². The molecule has 0 aromatic heterocycles. The van der Waals surface area contributed by atoms with Gasteiger partial charge in [0.15, 0.2) is 34.5 Å². The summed E-state index contributed by atoms with van der Waals surface area (Å²) >= 11 is 0. The monoisotopic (exact) mass is 898 g/mol. The largest absolute Gasteiger partial charge is 0.542 e. The first kappa shape index (κ1) is 53.6. The van der Waals surface area contributed by atoms with Gasteiger partial charge in [0.2, 0.25) is 0 Å². The van der Waals surface area contributed by atoms with Crippen LogP contribution in [0.25, 0.3) is 0 Å². The molecule has 0 aliphatic rings. The van der Waals surface area contributed by atoms with Crippen LogP contribution in [0.1, 0.15) is 120 Å². The van der Waals surface area contributed by atoms with Crippen molar-refractivity contribution in [2.75, 3.05) is 59.5 Å². The zero-order valence-corrected chi connectivity index (χ0v) is 39.0. The van der Waals surface area contributed by atoms with Gasteiger partial charge in [-0.05, 0) is 57.8 Å². The highest BCUT2D eigenvalue weighted by Gasteiger charge is 2.47. The van der Waals surface area contributed by atoms with Crippen LogP contribution in [0.4, 0.5) is 13.2 Å². The highest BCUT2D eigenvalue weighted by atomic mass is 32.2. The minimum atomic E-state index is -5.19. The summed E-state index contributed by atoms with van der Waals surface area (Å²) < 4.78 is 90.7. The number of halogens is 3. The second kappa shape index (κ2) is 29.7. The molecule has 0 bridgehead atoms. The van der Waals surface area contributed by atoms with E-state index in [1.165, 1.54) is 0 Å². The van der Waals surface area contributed by atoms with Gasteiger partial charge in [-0.15, -0.1) is 0 Å². The topological polar surface area (TPSA) is 123 Å². The average Bonchev–Trinajstić information content (AvgIpc) is 3.26. The van der Waals surface area contributed by atoms with E-state index in [2.05, 4.69) is 62.3 Å². The lowest BCUT2D eigenvalue weighted by atomic mass is 10.2. The van der Waals surface area contributed by atoms with Crippen LogP contribution >= 0.6 is 0 Å². The molecular formula is C47H69F3O11S. The van der Waals surface area contributed by atoms with Crippen LogP contribution in [0, 0.1) is 0 Å². The molecule has 0 unspecified atom stereocenters. The third kappa shape index (κ3) is 17.3. The van der Waals surface area contributed by atoms with Gasteiger partial charge < -0.3 is 52.5 Å². The molecule has 0 saturated carbocycles. The van der Waals surface area contributed by atoms with Crippen molar-refractivity contribution in [1.29, 1.82) is 0 Å². The average molecular weight is 899 g/mol. The summed E-state index contributed by atoms with van der Waals surface area (Å²) in [6.45, 7) is 23.6. The Labute approximate surface area is 370 Å². The van der Waals surface area contributed by atoms with Crippen molar-refractivity contribution in [3.05, 3.63) is 36.4 Å². The molecular weight excluding hydrogens is 830 g/mol. The van der Waals surface area contributed by atoms with Gasteiger partial charge >= 0.3 is 6.18 Å². The minimum Gasteiger partial charge on any atom is -0.542 e. The molecule has 0 atom stereocenters. The first-order valence-electron chi connectivity index (χ1n) is 22.1. The smallest absolute Gasteiger partial charge is 0.430 e. The number of ether oxygens (including phenoxy) is 9. The Morgan fingerprint density at radius 3 is 0.710 bits per heavy atom. The molecule has 0 amide bonds.